The molecule has 2 aromatic carbocycles. The first-order valence-corrected chi connectivity index (χ1v) is 12.1. The normalized spacial score (nSPS) is 17.6. The highest BCUT2D eigenvalue weighted by Crippen LogP contribution is 2.35. The molecule has 0 unspecified atom stereocenters. The van der Waals surface area contributed by atoms with Crippen molar-refractivity contribution in [1.82, 2.24) is 4.90 Å². The second kappa shape index (κ2) is 10.2. The maximum atomic E-state index is 12.9. The van der Waals surface area contributed by atoms with E-state index < -0.39 is 11.7 Å². The number of hydrogen-bond donors (Lipinski definition) is 0. The highest BCUT2D eigenvalue weighted by atomic mass is 35.5. The molecule has 0 spiro atoms. The van der Waals surface area contributed by atoms with Crippen molar-refractivity contribution in [2.24, 2.45) is 4.99 Å². The molecule has 2 aliphatic rings. The molecule has 4 nitrogen and oxygen atoms in total. The molecule has 0 aromatic heterocycles. The average Bonchev–Trinajstić information content (AvgIpc) is 3.13. The van der Waals surface area contributed by atoms with Gasteiger partial charge in [-0.25, -0.2) is 0 Å². The summed E-state index contributed by atoms with van der Waals surface area (Å²) in [7, 11) is 0. The predicted octanol–water partition coefficient (Wildman–Crippen LogP) is 6.52. The van der Waals surface area contributed by atoms with Crippen molar-refractivity contribution in [1.29, 1.82) is 0 Å². The first-order valence-electron chi connectivity index (χ1n) is 11.7. The minimum Gasteiger partial charge on any atom is -0.309 e. The van der Waals surface area contributed by atoms with Gasteiger partial charge in [-0.15, -0.1) is 0 Å². The number of nitrogens with zero attached hydrogens (tertiary/aromatic N) is 3. The number of halogens is 4. The van der Waals surface area contributed by atoms with Crippen LogP contribution in [0.15, 0.2) is 58.7 Å². The van der Waals surface area contributed by atoms with E-state index in [1.807, 2.05) is 43.9 Å². The topological polar surface area (TPSA) is 35.9 Å². The van der Waals surface area contributed by atoms with Gasteiger partial charge in [0.05, 0.1) is 17.7 Å². The third-order valence-electron chi connectivity index (χ3n) is 6.72. The van der Waals surface area contributed by atoms with Gasteiger partial charge in [0, 0.05) is 42.1 Å². The maximum absolute atomic E-state index is 12.9. The molecule has 4 rings (SSSR count). The fraction of sp³-hybridized carbons (Fsp3) is 0.407. The monoisotopic (exact) mass is 503 g/mol. The molecule has 186 valence electrons. The van der Waals surface area contributed by atoms with Crippen molar-refractivity contribution in [3.05, 3.63) is 75.4 Å². The van der Waals surface area contributed by atoms with E-state index in [2.05, 4.69) is 4.90 Å². The highest BCUT2D eigenvalue weighted by Gasteiger charge is 2.35. The van der Waals surface area contributed by atoms with Crippen LogP contribution in [0.2, 0.25) is 5.02 Å². The highest BCUT2D eigenvalue weighted by molar-refractivity contribution is 6.30. The summed E-state index contributed by atoms with van der Waals surface area (Å²) in [5, 5.41) is 0.648. The molecule has 2 heterocycles. The third-order valence-corrected chi connectivity index (χ3v) is 6.95. The second-order valence-corrected chi connectivity index (χ2v) is 9.88. The van der Waals surface area contributed by atoms with E-state index in [1.165, 1.54) is 12.1 Å². The number of allylic oxidation sites excluding steroid dienone is 1. The largest absolute Gasteiger partial charge is 0.416 e. The van der Waals surface area contributed by atoms with E-state index in [4.69, 9.17) is 16.6 Å². The van der Waals surface area contributed by atoms with E-state index >= 15 is 0 Å². The fourth-order valence-electron chi connectivity index (χ4n) is 4.73. The van der Waals surface area contributed by atoms with E-state index in [1.54, 1.807) is 0 Å². The van der Waals surface area contributed by atoms with Gasteiger partial charge in [-0.3, -0.25) is 14.7 Å². The number of piperidine rings is 1. The first-order chi connectivity index (χ1) is 16.5. The van der Waals surface area contributed by atoms with Crippen LogP contribution in [0.3, 0.4) is 0 Å². The number of likely N-dealkylation sites (tertiary alicyclic amines) is 1. The van der Waals surface area contributed by atoms with Gasteiger partial charge in [0.2, 0.25) is 5.91 Å². The molecule has 0 aliphatic carbocycles. The molecule has 0 radical (unpaired) electrons. The second-order valence-electron chi connectivity index (χ2n) is 9.44. The van der Waals surface area contributed by atoms with Crippen LogP contribution in [0.5, 0.6) is 0 Å². The number of anilines is 1. The number of hydrogen-bond acceptors (Lipinski definition) is 3. The van der Waals surface area contributed by atoms with Gasteiger partial charge in [-0.2, -0.15) is 13.2 Å². The van der Waals surface area contributed by atoms with Crippen LogP contribution in [0.25, 0.3) is 0 Å². The Kier molecular flexibility index (Phi) is 7.38. The average molecular weight is 504 g/mol. The smallest absolute Gasteiger partial charge is 0.309 e. The van der Waals surface area contributed by atoms with Crippen molar-refractivity contribution in [3.8, 4) is 0 Å². The number of rotatable bonds is 5. The Bertz CT molecular complexity index is 1160. The lowest BCUT2D eigenvalue weighted by Gasteiger charge is -2.37. The zero-order valence-electron chi connectivity index (χ0n) is 20.1. The van der Waals surface area contributed by atoms with Crippen molar-refractivity contribution in [3.63, 3.8) is 0 Å². The number of aliphatic imine (C=N–C) groups is 1. The molecule has 35 heavy (non-hydrogen) atoms. The van der Waals surface area contributed by atoms with Crippen LogP contribution in [0.4, 0.5) is 18.9 Å². The molecule has 2 aromatic rings. The Balaban J connectivity index is 1.40. The minimum absolute atomic E-state index is 0.127. The summed E-state index contributed by atoms with van der Waals surface area (Å²) >= 11 is 6.10. The van der Waals surface area contributed by atoms with Crippen LogP contribution in [0, 0.1) is 0 Å². The molecule has 0 bridgehead atoms. The number of alkyl halides is 3. The number of carbonyl (C=O) groups is 1. The van der Waals surface area contributed by atoms with Gasteiger partial charge in [0.15, 0.2) is 0 Å². The summed E-state index contributed by atoms with van der Waals surface area (Å²) in [5.74, 6) is 0.127. The van der Waals surface area contributed by atoms with Crippen LogP contribution in [-0.4, -0.2) is 42.2 Å². The van der Waals surface area contributed by atoms with Crippen molar-refractivity contribution in [2.75, 3.05) is 24.5 Å². The quantitative estimate of drug-likeness (QED) is 0.436. The lowest BCUT2D eigenvalue weighted by Crippen LogP contribution is -2.46. The van der Waals surface area contributed by atoms with Crippen molar-refractivity contribution >= 4 is 28.9 Å². The summed E-state index contributed by atoms with van der Waals surface area (Å²) in [6.07, 6.45) is -2.22. The molecule has 0 N–H and O–H groups in total. The van der Waals surface area contributed by atoms with Gasteiger partial charge in [0.25, 0.3) is 0 Å². The first kappa shape index (κ1) is 25.5. The summed E-state index contributed by atoms with van der Waals surface area (Å²) in [6, 6.07) is 10.9. The Hall–Kier alpha value is -2.64. The van der Waals surface area contributed by atoms with Crippen LogP contribution in [0.1, 0.15) is 50.3 Å². The molecule has 0 atom stereocenters. The molecule has 2 aliphatic heterocycles. The summed E-state index contributed by atoms with van der Waals surface area (Å²) in [5.41, 5.74) is 4.63. The molecule has 8 heteroatoms. The van der Waals surface area contributed by atoms with Gasteiger partial charge in [0.1, 0.15) is 0 Å². The lowest BCUT2D eigenvalue weighted by atomic mass is 10.0. The van der Waals surface area contributed by atoms with Gasteiger partial charge in [-0.05, 0) is 75.1 Å². The maximum Gasteiger partial charge on any atom is 0.416 e. The summed E-state index contributed by atoms with van der Waals surface area (Å²) < 4.78 is 38.6. The Morgan fingerprint density at radius 1 is 1.06 bits per heavy atom. The number of benzene rings is 2. The van der Waals surface area contributed by atoms with Crippen LogP contribution >= 0.6 is 11.6 Å². The van der Waals surface area contributed by atoms with Crippen LogP contribution < -0.4 is 4.90 Å². The molecule has 1 saturated heterocycles. The molecule has 0 saturated carbocycles. The SMILES string of the molecule is CC(=NC(CN1CCC(N2C(=O)Cc3cc(Cl)ccc32)CC1)=C(C)C)c1ccc(C(F)(F)F)cc1. The molecular formula is C27H29ClF3N3O. The molecular weight excluding hydrogens is 475 g/mol. The Morgan fingerprint density at radius 2 is 1.71 bits per heavy atom. The van der Waals surface area contributed by atoms with Crippen molar-refractivity contribution in [2.45, 2.75) is 52.3 Å². The van der Waals surface area contributed by atoms with E-state index in [0.29, 0.717) is 29.3 Å². The lowest BCUT2D eigenvalue weighted by molar-refractivity contribution is -0.137. The Labute approximate surface area is 209 Å². The molecule has 1 fully saturated rings. The standard InChI is InChI=1S/C27H29ClF3N3O/c1-17(2)24(32-18(3)19-4-6-21(7-5-19)27(29,30)31)16-33-12-10-23(11-13-33)34-25-9-8-22(28)14-20(25)15-26(34)35/h4-9,14,23H,10-13,15-16H2,1-3H3. The van der Waals surface area contributed by atoms with Crippen LogP contribution in [-0.2, 0) is 17.4 Å². The number of amides is 1. The fourth-order valence-corrected chi connectivity index (χ4v) is 4.93. The van der Waals surface area contributed by atoms with E-state index in [9.17, 15) is 18.0 Å². The van der Waals surface area contributed by atoms with Gasteiger partial charge < -0.3 is 4.90 Å². The molecule has 1 amide bonds. The Morgan fingerprint density at radius 3 is 2.31 bits per heavy atom. The van der Waals surface area contributed by atoms with E-state index in [0.717, 1.165) is 60.6 Å². The zero-order chi connectivity index (χ0) is 25.3. The minimum atomic E-state index is -4.35. The van der Waals surface area contributed by atoms with Crippen molar-refractivity contribution < 1.29 is 18.0 Å². The van der Waals surface area contributed by atoms with Gasteiger partial charge >= 0.3 is 6.18 Å². The summed E-state index contributed by atoms with van der Waals surface area (Å²) in [4.78, 5) is 21.7. The zero-order valence-corrected chi connectivity index (χ0v) is 20.9. The predicted molar refractivity (Wildman–Crippen MR) is 134 cm³/mol. The number of fused-ring (bicyclic) bond motifs is 1. The number of carbonyl (C=O) groups excluding carboxylic acids is 1. The third kappa shape index (κ3) is 5.78. The summed E-state index contributed by atoms with van der Waals surface area (Å²) in [6.45, 7) is 8.15. The van der Waals surface area contributed by atoms with E-state index in [-0.39, 0.29) is 11.9 Å². The van der Waals surface area contributed by atoms with Gasteiger partial charge in [-0.1, -0.05) is 29.3 Å².